The molecule has 0 aliphatic rings. The summed E-state index contributed by atoms with van der Waals surface area (Å²) in [7, 11) is 0. The van der Waals surface area contributed by atoms with Gasteiger partial charge in [-0.25, -0.2) is 10.8 Å². The van der Waals surface area contributed by atoms with Crippen molar-refractivity contribution in [2.75, 3.05) is 5.43 Å². The summed E-state index contributed by atoms with van der Waals surface area (Å²) < 4.78 is 1.41. The van der Waals surface area contributed by atoms with Crippen LogP contribution in [0.15, 0.2) is 41.5 Å². The van der Waals surface area contributed by atoms with E-state index in [-0.39, 0.29) is 11.4 Å². The minimum atomic E-state index is -0.327. The highest BCUT2D eigenvalue weighted by molar-refractivity contribution is 6.30. The molecule has 0 saturated carbocycles. The van der Waals surface area contributed by atoms with E-state index in [0.717, 1.165) is 0 Å². The minimum Gasteiger partial charge on any atom is -0.304 e. The molecule has 0 aliphatic carbocycles. The van der Waals surface area contributed by atoms with Crippen molar-refractivity contribution in [3.8, 4) is 5.69 Å². The first-order chi connectivity index (χ1) is 7.72. The number of aromatic nitrogens is 2. The lowest BCUT2D eigenvalue weighted by atomic mass is 10.3. The van der Waals surface area contributed by atoms with E-state index in [4.69, 9.17) is 17.4 Å². The molecule has 82 valence electrons. The average Bonchev–Trinajstić information content (AvgIpc) is 2.29. The van der Waals surface area contributed by atoms with Gasteiger partial charge in [0.1, 0.15) is 0 Å². The van der Waals surface area contributed by atoms with Gasteiger partial charge >= 0.3 is 0 Å². The number of hydrazine groups is 1. The van der Waals surface area contributed by atoms with Crippen LogP contribution in [0.2, 0.25) is 5.02 Å². The molecule has 1 aromatic carbocycles. The summed E-state index contributed by atoms with van der Waals surface area (Å²) in [4.78, 5) is 15.6. The maximum Gasteiger partial charge on any atom is 0.299 e. The number of hydrogen-bond donors (Lipinski definition) is 2. The third-order valence-electron chi connectivity index (χ3n) is 2.06. The van der Waals surface area contributed by atoms with Crippen LogP contribution < -0.4 is 16.8 Å². The van der Waals surface area contributed by atoms with Gasteiger partial charge in [-0.2, -0.15) is 0 Å². The second kappa shape index (κ2) is 4.34. The number of nitrogens with zero attached hydrogens (tertiary/aromatic N) is 2. The summed E-state index contributed by atoms with van der Waals surface area (Å²) in [6.07, 6.45) is 3.03. The molecule has 0 aliphatic heterocycles. The van der Waals surface area contributed by atoms with Gasteiger partial charge in [0.25, 0.3) is 5.56 Å². The van der Waals surface area contributed by atoms with Gasteiger partial charge in [0.2, 0.25) is 5.82 Å². The van der Waals surface area contributed by atoms with E-state index in [2.05, 4.69) is 10.4 Å². The van der Waals surface area contributed by atoms with Gasteiger partial charge in [0.15, 0.2) is 0 Å². The predicted octanol–water partition coefficient (Wildman–Crippen LogP) is 1.17. The minimum absolute atomic E-state index is 0.0856. The van der Waals surface area contributed by atoms with E-state index >= 15 is 0 Å². The number of rotatable bonds is 2. The van der Waals surface area contributed by atoms with Crippen molar-refractivity contribution in [3.05, 3.63) is 52.0 Å². The molecular weight excluding hydrogens is 228 g/mol. The molecule has 5 nitrogen and oxygen atoms in total. The summed E-state index contributed by atoms with van der Waals surface area (Å²) in [5.74, 6) is 5.26. The maximum atomic E-state index is 11.8. The molecule has 0 saturated heterocycles. The molecule has 1 heterocycles. The van der Waals surface area contributed by atoms with Gasteiger partial charge < -0.3 is 5.43 Å². The number of nitrogens with one attached hydrogen (secondary N) is 1. The van der Waals surface area contributed by atoms with E-state index in [1.54, 1.807) is 30.5 Å². The summed E-state index contributed by atoms with van der Waals surface area (Å²) in [6, 6.07) is 6.95. The molecule has 1 aromatic heterocycles. The van der Waals surface area contributed by atoms with Crippen molar-refractivity contribution in [2.24, 2.45) is 5.84 Å². The molecule has 3 N–H and O–H groups in total. The highest BCUT2D eigenvalue weighted by atomic mass is 35.5. The Bertz CT molecular complexity index is 567. The second-order valence-electron chi connectivity index (χ2n) is 3.08. The largest absolute Gasteiger partial charge is 0.304 e. The summed E-state index contributed by atoms with van der Waals surface area (Å²) in [5.41, 5.74) is 2.58. The number of nitrogen functional groups attached to an aromatic ring is 1. The molecule has 2 rings (SSSR count). The average molecular weight is 237 g/mol. The molecule has 0 spiro atoms. The van der Waals surface area contributed by atoms with Crippen LogP contribution in [0.4, 0.5) is 5.82 Å². The van der Waals surface area contributed by atoms with E-state index in [9.17, 15) is 4.79 Å². The van der Waals surface area contributed by atoms with Crippen LogP contribution >= 0.6 is 11.6 Å². The molecule has 0 fully saturated rings. The normalized spacial score (nSPS) is 10.1. The Morgan fingerprint density at radius 1 is 1.44 bits per heavy atom. The van der Waals surface area contributed by atoms with Crippen LogP contribution in [0, 0.1) is 0 Å². The first-order valence-corrected chi connectivity index (χ1v) is 4.90. The fourth-order valence-electron chi connectivity index (χ4n) is 1.34. The lowest BCUT2D eigenvalue weighted by molar-refractivity contribution is 0.953. The van der Waals surface area contributed by atoms with Crippen LogP contribution in [0.25, 0.3) is 5.69 Å². The standard InChI is InChI=1S/C10H9ClN4O/c11-7-2-1-3-8(6-7)15-5-4-13-9(14-12)10(15)16/h1-6H,12H2,(H,13,14). The Morgan fingerprint density at radius 3 is 2.94 bits per heavy atom. The number of nitrogens with two attached hydrogens (primary N) is 1. The van der Waals surface area contributed by atoms with Crippen LogP contribution in [0.5, 0.6) is 0 Å². The van der Waals surface area contributed by atoms with Crippen molar-refractivity contribution in [3.63, 3.8) is 0 Å². The van der Waals surface area contributed by atoms with Gasteiger partial charge in [-0.3, -0.25) is 9.36 Å². The molecule has 2 aromatic rings. The summed E-state index contributed by atoms with van der Waals surface area (Å²) in [5, 5.41) is 0.559. The summed E-state index contributed by atoms with van der Waals surface area (Å²) in [6.45, 7) is 0. The Kier molecular flexibility index (Phi) is 2.89. The predicted molar refractivity (Wildman–Crippen MR) is 62.7 cm³/mol. The van der Waals surface area contributed by atoms with Gasteiger partial charge in [0, 0.05) is 17.4 Å². The van der Waals surface area contributed by atoms with Crippen LogP contribution in [0.1, 0.15) is 0 Å². The zero-order chi connectivity index (χ0) is 11.5. The van der Waals surface area contributed by atoms with Gasteiger partial charge in [-0.1, -0.05) is 17.7 Å². The van der Waals surface area contributed by atoms with Crippen LogP contribution in [-0.2, 0) is 0 Å². The van der Waals surface area contributed by atoms with Crippen molar-refractivity contribution in [1.29, 1.82) is 0 Å². The number of benzene rings is 1. The topological polar surface area (TPSA) is 72.9 Å². The van der Waals surface area contributed by atoms with E-state index in [1.165, 1.54) is 10.8 Å². The molecule has 0 atom stereocenters. The quantitative estimate of drug-likeness (QED) is 0.607. The van der Waals surface area contributed by atoms with Gasteiger partial charge in [-0.05, 0) is 18.2 Å². The SMILES string of the molecule is NNc1nccn(-c2cccc(Cl)c2)c1=O. The highest BCUT2D eigenvalue weighted by Crippen LogP contribution is 2.13. The lowest BCUT2D eigenvalue weighted by Gasteiger charge is -2.06. The third-order valence-corrected chi connectivity index (χ3v) is 2.30. The van der Waals surface area contributed by atoms with Crippen molar-refractivity contribution >= 4 is 17.4 Å². The Morgan fingerprint density at radius 2 is 2.25 bits per heavy atom. The fourth-order valence-corrected chi connectivity index (χ4v) is 1.52. The van der Waals surface area contributed by atoms with Crippen LogP contribution in [-0.4, -0.2) is 9.55 Å². The highest BCUT2D eigenvalue weighted by Gasteiger charge is 2.04. The first kappa shape index (κ1) is 10.7. The number of hydrogen-bond acceptors (Lipinski definition) is 4. The van der Waals surface area contributed by atoms with Crippen LogP contribution in [0.3, 0.4) is 0 Å². The number of halogens is 1. The van der Waals surface area contributed by atoms with E-state index in [1.807, 2.05) is 0 Å². The molecule has 16 heavy (non-hydrogen) atoms. The van der Waals surface area contributed by atoms with Crippen molar-refractivity contribution < 1.29 is 0 Å². The van der Waals surface area contributed by atoms with Gasteiger partial charge in [0.05, 0.1) is 5.69 Å². The smallest absolute Gasteiger partial charge is 0.299 e. The Balaban J connectivity index is 2.61. The molecule has 0 amide bonds. The maximum absolute atomic E-state index is 11.8. The monoisotopic (exact) mass is 236 g/mol. The Hall–Kier alpha value is -1.85. The summed E-state index contributed by atoms with van der Waals surface area (Å²) >= 11 is 5.85. The molecule has 0 radical (unpaired) electrons. The van der Waals surface area contributed by atoms with E-state index < -0.39 is 0 Å². The third kappa shape index (κ3) is 1.91. The van der Waals surface area contributed by atoms with Crippen molar-refractivity contribution in [2.45, 2.75) is 0 Å². The molecule has 0 bridgehead atoms. The fraction of sp³-hybridized carbons (Fsp3) is 0. The van der Waals surface area contributed by atoms with Crippen molar-refractivity contribution in [1.82, 2.24) is 9.55 Å². The number of anilines is 1. The first-order valence-electron chi connectivity index (χ1n) is 4.52. The molecule has 6 heteroatoms. The Labute approximate surface area is 96.5 Å². The van der Waals surface area contributed by atoms with Gasteiger partial charge in [-0.15, -0.1) is 0 Å². The molecular formula is C10H9ClN4O. The zero-order valence-electron chi connectivity index (χ0n) is 8.22. The lowest BCUT2D eigenvalue weighted by Crippen LogP contribution is -2.25. The second-order valence-corrected chi connectivity index (χ2v) is 3.51. The molecule has 0 unspecified atom stereocenters. The van der Waals surface area contributed by atoms with E-state index in [0.29, 0.717) is 10.7 Å². The zero-order valence-corrected chi connectivity index (χ0v) is 8.98.